The van der Waals surface area contributed by atoms with Crippen molar-refractivity contribution in [1.82, 2.24) is 0 Å². The summed E-state index contributed by atoms with van der Waals surface area (Å²) in [6, 6.07) is 0. The normalized spacial score (nSPS) is 21.1. The van der Waals surface area contributed by atoms with Crippen LogP contribution in [0.25, 0.3) is 0 Å². The Bertz CT molecular complexity index is 393. The van der Waals surface area contributed by atoms with Gasteiger partial charge in [-0.3, -0.25) is 9.79 Å². The maximum absolute atomic E-state index is 12.1. The van der Waals surface area contributed by atoms with E-state index in [1.807, 2.05) is 18.7 Å². The van der Waals surface area contributed by atoms with Gasteiger partial charge in [-0.15, -0.1) is 0 Å². The van der Waals surface area contributed by atoms with Gasteiger partial charge in [-0.2, -0.15) is 11.8 Å². The van der Waals surface area contributed by atoms with Crippen LogP contribution in [0.5, 0.6) is 0 Å². The smallest absolute Gasteiger partial charge is 0.201 e. The Morgan fingerprint density at radius 1 is 1.48 bits per heavy atom. The molecule has 1 rings (SSSR count). The number of rotatable bonds is 9. The van der Waals surface area contributed by atoms with Gasteiger partial charge in [0.15, 0.2) is 5.76 Å². The predicted octanol–water partition coefficient (Wildman–Crippen LogP) is 3.76. The lowest BCUT2D eigenvalue weighted by Crippen LogP contribution is -2.23. The third-order valence-electron chi connectivity index (χ3n) is 3.39. The van der Waals surface area contributed by atoms with Crippen molar-refractivity contribution >= 4 is 23.8 Å². The summed E-state index contributed by atoms with van der Waals surface area (Å²) in [6.07, 6.45) is 4.45. The summed E-state index contributed by atoms with van der Waals surface area (Å²) in [7, 11) is 0. The first-order valence-electron chi connectivity index (χ1n) is 7.76. The molecule has 0 aromatic heterocycles. The molecule has 0 heterocycles. The molecule has 0 bridgehead atoms. The lowest BCUT2D eigenvalue weighted by Gasteiger charge is -2.25. The van der Waals surface area contributed by atoms with E-state index in [9.17, 15) is 9.90 Å². The van der Waals surface area contributed by atoms with Crippen LogP contribution >= 0.6 is 11.8 Å². The van der Waals surface area contributed by atoms with Crippen molar-refractivity contribution in [2.45, 2.75) is 51.7 Å². The average Bonchev–Trinajstić information content (AvgIpc) is 2.41. The van der Waals surface area contributed by atoms with Gasteiger partial charge in [0.1, 0.15) is 5.76 Å². The van der Waals surface area contributed by atoms with E-state index in [4.69, 9.17) is 4.74 Å². The van der Waals surface area contributed by atoms with Gasteiger partial charge in [-0.25, -0.2) is 0 Å². The molecular weight excluding hydrogens is 286 g/mol. The van der Waals surface area contributed by atoms with E-state index in [1.165, 1.54) is 0 Å². The number of aliphatic imine (C=N–C) groups is 1. The summed E-state index contributed by atoms with van der Waals surface area (Å²) in [5.41, 5.74) is 0. The predicted molar refractivity (Wildman–Crippen MR) is 89.2 cm³/mol. The second-order valence-corrected chi connectivity index (χ2v) is 7.01. The summed E-state index contributed by atoms with van der Waals surface area (Å²) in [6.45, 7) is 7.43. The highest BCUT2D eigenvalue weighted by atomic mass is 32.2. The van der Waals surface area contributed by atoms with E-state index in [0.717, 1.165) is 18.7 Å². The number of hydrogen-bond donors (Lipinski definition) is 1. The first kappa shape index (κ1) is 18.1. The van der Waals surface area contributed by atoms with Crippen molar-refractivity contribution in [2.75, 3.05) is 18.9 Å². The van der Waals surface area contributed by atoms with Crippen LogP contribution in [-0.4, -0.2) is 41.3 Å². The zero-order chi connectivity index (χ0) is 15.7. The molecule has 1 aliphatic carbocycles. The fourth-order valence-corrected chi connectivity index (χ4v) is 3.52. The minimum Gasteiger partial charge on any atom is -0.508 e. The molecule has 0 aromatic rings. The molecular formula is C16H27NO3S. The first-order chi connectivity index (χ1) is 10.1. The molecule has 0 spiro atoms. The van der Waals surface area contributed by atoms with Crippen molar-refractivity contribution in [1.29, 1.82) is 0 Å². The molecule has 1 N–H and O–H groups in total. The second-order valence-electron chi connectivity index (χ2n) is 5.29. The zero-order valence-electron chi connectivity index (χ0n) is 13.3. The van der Waals surface area contributed by atoms with Gasteiger partial charge in [0.2, 0.25) is 5.78 Å². The number of Topliss-reactive ketones (excluding diaryl/α,β-unsaturated/α-hetero) is 1. The monoisotopic (exact) mass is 313 g/mol. The van der Waals surface area contributed by atoms with Gasteiger partial charge in [-0.05, 0) is 25.0 Å². The van der Waals surface area contributed by atoms with Crippen LogP contribution in [0.3, 0.4) is 0 Å². The van der Waals surface area contributed by atoms with E-state index in [-0.39, 0.29) is 23.2 Å². The molecule has 0 aromatic carbocycles. The molecule has 120 valence electrons. The maximum atomic E-state index is 12.1. The second kappa shape index (κ2) is 9.87. The fourth-order valence-electron chi connectivity index (χ4n) is 2.54. The van der Waals surface area contributed by atoms with Crippen LogP contribution in [-0.2, 0) is 9.53 Å². The Labute approximate surface area is 132 Å². The van der Waals surface area contributed by atoms with E-state index >= 15 is 0 Å². The Morgan fingerprint density at radius 2 is 2.24 bits per heavy atom. The van der Waals surface area contributed by atoms with Crippen LogP contribution in [0.2, 0.25) is 0 Å². The van der Waals surface area contributed by atoms with Crippen LogP contribution in [0.1, 0.15) is 46.5 Å². The largest absolute Gasteiger partial charge is 0.508 e. The number of aliphatic hydroxyl groups is 1. The summed E-state index contributed by atoms with van der Waals surface area (Å²) in [4.78, 5) is 16.2. The Hall–Kier alpha value is -0.970. The van der Waals surface area contributed by atoms with Crippen molar-refractivity contribution in [2.24, 2.45) is 10.9 Å². The Kier molecular flexibility index (Phi) is 8.50. The molecule has 0 saturated carbocycles. The number of carbonyl (C=O) groups excluding carboxylic acids is 1. The molecule has 2 unspecified atom stereocenters. The van der Waals surface area contributed by atoms with E-state index in [2.05, 4.69) is 18.8 Å². The van der Waals surface area contributed by atoms with Crippen LogP contribution in [0.4, 0.5) is 0 Å². The van der Waals surface area contributed by atoms with E-state index in [1.54, 1.807) is 6.21 Å². The van der Waals surface area contributed by atoms with Crippen molar-refractivity contribution in [3.8, 4) is 0 Å². The summed E-state index contributed by atoms with van der Waals surface area (Å²) in [5, 5.41) is 10.6. The molecule has 0 aliphatic heterocycles. The van der Waals surface area contributed by atoms with Gasteiger partial charge in [-0.1, -0.05) is 13.8 Å². The number of ether oxygens (including phenoxy) is 1. The molecule has 1 aliphatic rings. The van der Waals surface area contributed by atoms with Crippen LogP contribution in [0.15, 0.2) is 16.5 Å². The number of carbonyl (C=O) groups is 1. The van der Waals surface area contributed by atoms with Crippen LogP contribution < -0.4 is 0 Å². The third-order valence-corrected chi connectivity index (χ3v) is 4.49. The topological polar surface area (TPSA) is 58.9 Å². The molecule has 5 heteroatoms. The first-order valence-corrected chi connectivity index (χ1v) is 8.81. The number of ketones is 1. The average molecular weight is 313 g/mol. The number of hydrogen-bond acceptors (Lipinski definition) is 5. The Morgan fingerprint density at radius 3 is 2.86 bits per heavy atom. The summed E-state index contributed by atoms with van der Waals surface area (Å²) >= 11 is 1.89. The third kappa shape index (κ3) is 6.55. The highest BCUT2D eigenvalue weighted by Crippen LogP contribution is 2.31. The number of allylic oxidation sites excluding steroid dienone is 2. The minimum atomic E-state index is -0.0649. The quantitative estimate of drug-likeness (QED) is 0.520. The fraction of sp³-hybridized carbons (Fsp3) is 0.750. The summed E-state index contributed by atoms with van der Waals surface area (Å²) in [5.74, 6) is 1.55. The van der Waals surface area contributed by atoms with Crippen molar-refractivity contribution < 1.29 is 14.6 Å². The van der Waals surface area contributed by atoms with E-state index < -0.39 is 0 Å². The SMILES string of the molecule is CCN=CCCOC1=C(O)CC(CC(C)SCC)CC1=O. The zero-order valence-corrected chi connectivity index (χ0v) is 14.1. The number of thioether (sulfide) groups is 1. The lowest BCUT2D eigenvalue weighted by atomic mass is 9.87. The molecule has 4 nitrogen and oxygen atoms in total. The molecule has 21 heavy (non-hydrogen) atoms. The van der Waals surface area contributed by atoms with Gasteiger partial charge in [0.25, 0.3) is 0 Å². The molecule has 0 fully saturated rings. The number of aliphatic hydroxyl groups excluding tert-OH is 1. The maximum Gasteiger partial charge on any atom is 0.201 e. The minimum absolute atomic E-state index is 0.0649. The number of nitrogens with zero attached hydrogens (tertiary/aromatic N) is 1. The van der Waals surface area contributed by atoms with E-state index in [0.29, 0.717) is 31.1 Å². The Balaban J connectivity index is 2.47. The lowest BCUT2D eigenvalue weighted by molar-refractivity contribution is -0.121. The molecule has 0 saturated heterocycles. The van der Waals surface area contributed by atoms with Crippen LogP contribution in [0, 0.1) is 5.92 Å². The highest BCUT2D eigenvalue weighted by molar-refractivity contribution is 7.99. The molecule has 0 amide bonds. The van der Waals surface area contributed by atoms with Crippen molar-refractivity contribution in [3.05, 3.63) is 11.5 Å². The van der Waals surface area contributed by atoms with Gasteiger partial charge in [0.05, 0.1) is 6.61 Å². The molecule has 2 atom stereocenters. The highest BCUT2D eigenvalue weighted by Gasteiger charge is 2.29. The van der Waals surface area contributed by atoms with Crippen molar-refractivity contribution in [3.63, 3.8) is 0 Å². The molecule has 0 radical (unpaired) electrons. The van der Waals surface area contributed by atoms with Gasteiger partial charge in [0, 0.05) is 37.3 Å². The standard InChI is InChI=1S/C16H27NO3S/c1-4-17-7-6-8-20-16-14(18)10-13(11-15(16)19)9-12(3)21-5-2/h7,12-13,18H,4-6,8-11H2,1-3H3. The van der Waals surface area contributed by atoms with Gasteiger partial charge >= 0.3 is 0 Å². The summed E-state index contributed by atoms with van der Waals surface area (Å²) < 4.78 is 5.44. The van der Waals surface area contributed by atoms with Gasteiger partial charge < -0.3 is 9.84 Å².